The molecule has 0 aliphatic carbocycles. The summed E-state index contributed by atoms with van der Waals surface area (Å²) in [7, 11) is 1.92. The van der Waals surface area contributed by atoms with Gasteiger partial charge in [-0.05, 0) is 26.3 Å². The molecule has 0 N–H and O–H groups in total. The van der Waals surface area contributed by atoms with Crippen molar-refractivity contribution in [1.82, 2.24) is 9.80 Å². The summed E-state index contributed by atoms with van der Waals surface area (Å²) in [4.78, 5) is 16.0. The van der Waals surface area contributed by atoms with E-state index in [-0.39, 0.29) is 10.7 Å². The molecule has 3 nitrogen and oxygen atoms in total. The molecule has 15 heavy (non-hydrogen) atoms. The summed E-state index contributed by atoms with van der Waals surface area (Å²) in [5, 5.41) is 0. The second-order valence-electron chi connectivity index (χ2n) is 4.23. The van der Waals surface area contributed by atoms with Crippen molar-refractivity contribution in [3.8, 4) is 0 Å². The van der Waals surface area contributed by atoms with Crippen molar-refractivity contribution >= 4 is 21.8 Å². The van der Waals surface area contributed by atoms with Gasteiger partial charge < -0.3 is 9.80 Å². The lowest BCUT2D eigenvalue weighted by Crippen LogP contribution is -2.47. The van der Waals surface area contributed by atoms with Crippen LogP contribution in [0.1, 0.15) is 26.7 Å². The van der Waals surface area contributed by atoms with Gasteiger partial charge in [-0.15, -0.1) is 0 Å². The first-order valence-electron chi connectivity index (χ1n) is 5.69. The fraction of sp³-hybridized carbons (Fsp3) is 0.909. The molecule has 1 rings (SSSR count). The van der Waals surface area contributed by atoms with Gasteiger partial charge in [0.05, 0.1) is 4.83 Å². The van der Waals surface area contributed by atoms with Crippen LogP contribution < -0.4 is 0 Å². The fourth-order valence-corrected chi connectivity index (χ4v) is 2.41. The normalized spacial score (nSPS) is 21.3. The van der Waals surface area contributed by atoms with Crippen molar-refractivity contribution in [1.29, 1.82) is 0 Å². The van der Waals surface area contributed by atoms with E-state index in [1.807, 2.05) is 18.9 Å². The van der Waals surface area contributed by atoms with Crippen LogP contribution >= 0.6 is 15.9 Å². The van der Waals surface area contributed by atoms with Gasteiger partial charge in [0.1, 0.15) is 0 Å². The third-order valence-corrected chi connectivity index (χ3v) is 3.63. The predicted molar refractivity (Wildman–Crippen MR) is 66.3 cm³/mol. The Labute approximate surface area is 101 Å². The molecule has 1 fully saturated rings. The molecule has 0 aromatic rings. The highest BCUT2D eigenvalue weighted by atomic mass is 79.9. The number of likely N-dealkylation sites (tertiary alicyclic amines) is 1. The average molecular weight is 277 g/mol. The van der Waals surface area contributed by atoms with Crippen molar-refractivity contribution in [2.75, 3.05) is 26.7 Å². The highest BCUT2D eigenvalue weighted by Crippen LogP contribution is 2.17. The molecule has 0 bridgehead atoms. The topological polar surface area (TPSA) is 23.6 Å². The van der Waals surface area contributed by atoms with Crippen LogP contribution in [0.15, 0.2) is 0 Å². The first-order chi connectivity index (χ1) is 7.06. The predicted octanol–water partition coefficient (Wildman–Crippen LogP) is 1.71. The van der Waals surface area contributed by atoms with E-state index in [4.69, 9.17) is 0 Å². The number of piperidine rings is 1. The number of alkyl halides is 1. The first-order valence-corrected chi connectivity index (χ1v) is 6.61. The molecule has 1 aliphatic rings. The van der Waals surface area contributed by atoms with Gasteiger partial charge in [0.25, 0.3) is 0 Å². The van der Waals surface area contributed by atoms with Crippen LogP contribution in [0.25, 0.3) is 0 Å². The van der Waals surface area contributed by atoms with Crippen molar-refractivity contribution in [2.45, 2.75) is 37.6 Å². The van der Waals surface area contributed by atoms with E-state index in [9.17, 15) is 4.79 Å². The minimum Gasteiger partial charge on any atom is -0.342 e. The highest BCUT2D eigenvalue weighted by molar-refractivity contribution is 9.10. The third-order valence-electron chi connectivity index (χ3n) is 3.24. The molecule has 0 aromatic heterocycles. The summed E-state index contributed by atoms with van der Waals surface area (Å²) < 4.78 is 0. The van der Waals surface area contributed by atoms with E-state index >= 15 is 0 Å². The maximum Gasteiger partial charge on any atom is 0.236 e. The largest absolute Gasteiger partial charge is 0.342 e. The Bertz CT molecular complexity index is 213. The fourth-order valence-electron chi connectivity index (χ4n) is 2.08. The van der Waals surface area contributed by atoms with Gasteiger partial charge in [-0.3, -0.25) is 4.79 Å². The molecule has 1 aliphatic heterocycles. The summed E-state index contributed by atoms with van der Waals surface area (Å²) in [5.74, 6) is 0.199. The Balaban J connectivity index is 2.42. The van der Waals surface area contributed by atoms with Gasteiger partial charge in [0, 0.05) is 26.2 Å². The van der Waals surface area contributed by atoms with E-state index in [1.165, 1.54) is 0 Å². The number of nitrogens with zero attached hydrogens (tertiary/aromatic N) is 2. The smallest absolute Gasteiger partial charge is 0.236 e. The van der Waals surface area contributed by atoms with Crippen molar-refractivity contribution < 1.29 is 4.79 Å². The number of hydrogen-bond donors (Lipinski definition) is 0. The Morgan fingerprint density at radius 1 is 1.53 bits per heavy atom. The molecule has 1 heterocycles. The summed E-state index contributed by atoms with van der Waals surface area (Å²) in [5.41, 5.74) is 0. The average Bonchev–Trinajstić information content (AvgIpc) is 2.27. The van der Waals surface area contributed by atoms with Gasteiger partial charge in [-0.2, -0.15) is 0 Å². The van der Waals surface area contributed by atoms with E-state index in [2.05, 4.69) is 27.8 Å². The number of amides is 1. The Morgan fingerprint density at radius 2 is 2.07 bits per heavy atom. The number of carbonyl (C=O) groups excluding carboxylic acids is 1. The summed E-state index contributed by atoms with van der Waals surface area (Å²) in [6, 6.07) is 0.431. The minimum atomic E-state index is -0.0632. The molecule has 1 amide bonds. The molecule has 1 unspecified atom stereocenters. The quantitative estimate of drug-likeness (QED) is 0.733. The molecular formula is C11H21BrN2O. The number of rotatable bonds is 3. The van der Waals surface area contributed by atoms with Gasteiger partial charge >= 0.3 is 0 Å². The first kappa shape index (κ1) is 13.0. The maximum atomic E-state index is 11.8. The Morgan fingerprint density at radius 3 is 2.47 bits per heavy atom. The number of carbonyl (C=O) groups is 1. The molecular weight excluding hydrogens is 256 g/mol. The molecule has 0 spiro atoms. The SMILES string of the molecule is CCN1CCC(N(C)C(=O)C(C)Br)CC1. The molecule has 0 radical (unpaired) electrons. The second-order valence-corrected chi connectivity index (χ2v) is 5.60. The van der Waals surface area contributed by atoms with Crippen molar-refractivity contribution in [2.24, 2.45) is 0 Å². The minimum absolute atomic E-state index is 0.0632. The zero-order chi connectivity index (χ0) is 11.4. The van der Waals surface area contributed by atoms with E-state index in [0.717, 1.165) is 32.5 Å². The zero-order valence-corrected chi connectivity index (χ0v) is 11.5. The molecule has 0 saturated carbocycles. The van der Waals surface area contributed by atoms with Crippen molar-refractivity contribution in [3.63, 3.8) is 0 Å². The van der Waals surface area contributed by atoms with Crippen LogP contribution in [0.5, 0.6) is 0 Å². The molecule has 1 saturated heterocycles. The van der Waals surface area contributed by atoms with Gasteiger partial charge in [0.2, 0.25) is 5.91 Å². The summed E-state index contributed by atoms with van der Waals surface area (Å²) >= 11 is 3.33. The van der Waals surface area contributed by atoms with Crippen LogP contribution in [-0.4, -0.2) is 53.3 Å². The number of halogens is 1. The second kappa shape index (κ2) is 5.85. The molecule has 0 aromatic carbocycles. The lowest BCUT2D eigenvalue weighted by atomic mass is 10.0. The highest BCUT2D eigenvalue weighted by Gasteiger charge is 2.26. The van der Waals surface area contributed by atoms with E-state index < -0.39 is 0 Å². The van der Waals surface area contributed by atoms with Gasteiger partial charge in [0.15, 0.2) is 0 Å². The zero-order valence-electron chi connectivity index (χ0n) is 9.87. The van der Waals surface area contributed by atoms with Gasteiger partial charge in [-0.1, -0.05) is 22.9 Å². The summed E-state index contributed by atoms with van der Waals surface area (Å²) in [6.45, 7) is 7.44. The Kier molecular flexibility index (Phi) is 5.06. The van der Waals surface area contributed by atoms with E-state index in [0.29, 0.717) is 6.04 Å². The van der Waals surface area contributed by atoms with Gasteiger partial charge in [-0.25, -0.2) is 0 Å². The van der Waals surface area contributed by atoms with Crippen molar-refractivity contribution in [3.05, 3.63) is 0 Å². The third kappa shape index (κ3) is 3.45. The van der Waals surface area contributed by atoms with Crippen LogP contribution in [-0.2, 0) is 4.79 Å². The molecule has 1 atom stereocenters. The van der Waals surface area contributed by atoms with Crippen LogP contribution in [0.3, 0.4) is 0 Å². The van der Waals surface area contributed by atoms with Crippen LogP contribution in [0, 0.1) is 0 Å². The van der Waals surface area contributed by atoms with Crippen LogP contribution in [0.2, 0.25) is 0 Å². The monoisotopic (exact) mass is 276 g/mol. The Hall–Kier alpha value is -0.0900. The lowest BCUT2D eigenvalue weighted by molar-refractivity contribution is -0.131. The van der Waals surface area contributed by atoms with Crippen LogP contribution in [0.4, 0.5) is 0 Å². The molecule has 4 heteroatoms. The standard InChI is InChI=1S/C11H21BrN2O/c1-4-14-7-5-10(6-8-14)13(3)11(15)9(2)12/h9-10H,4-8H2,1-3H3. The van der Waals surface area contributed by atoms with E-state index in [1.54, 1.807) is 0 Å². The number of hydrogen-bond acceptors (Lipinski definition) is 2. The summed E-state index contributed by atoms with van der Waals surface area (Å²) in [6.07, 6.45) is 2.21. The lowest BCUT2D eigenvalue weighted by Gasteiger charge is -2.36. The maximum absolute atomic E-state index is 11.8. The molecule has 88 valence electrons.